The van der Waals surface area contributed by atoms with E-state index in [1.807, 2.05) is 57.2 Å². The molecule has 0 radical (unpaired) electrons. The van der Waals surface area contributed by atoms with Crippen molar-refractivity contribution in [2.45, 2.75) is 81.1 Å². The Balaban J connectivity index is 0.000000243. The van der Waals surface area contributed by atoms with Gasteiger partial charge >= 0.3 is 24.3 Å². The van der Waals surface area contributed by atoms with Crippen molar-refractivity contribution < 1.29 is 60.0 Å². The summed E-state index contributed by atoms with van der Waals surface area (Å²) >= 11 is 4.80. The molecule has 16 heteroatoms. The first kappa shape index (κ1) is 49.7. The standard InChI is InChI=1S/C26H27F3O4S.C22H19F3O3S2/c1-16(2)4-10-23-19(13-24(33-23)18-5-7-20(8-6-18)26(27,28)29)15-34-21-9-11-22(17(3)12-21)32-14-25(30)31;1-13-9-18(7-8-19(13)28-11-21(26)27)29-12-16-10-20(30-14(16)2)15-3-5-17(6-4-15)22(23,24)25/h5-9,11-13,16H,4,10,14-15H2,1-3H3,(H,30,31);3-10H,11-12H2,1-2H3,(H,26,27). The third-order valence-electron chi connectivity index (χ3n) is 9.64. The van der Waals surface area contributed by atoms with Gasteiger partial charge in [0.05, 0.1) is 11.1 Å². The van der Waals surface area contributed by atoms with E-state index in [1.54, 1.807) is 47.0 Å². The first-order valence-electron chi connectivity index (χ1n) is 19.9. The molecule has 7 nitrogen and oxygen atoms in total. The summed E-state index contributed by atoms with van der Waals surface area (Å²) in [6.45, 7) is 9.20. The molecule has 0 amide bonds. The molecule has 0 atom stereocenters. The number of alkyl halides is 6. The Bertz CT molecular complexity index is 2510. The molecule has 6 rings (SSSR count). The maximum Gasteiger partial charge on any atom is 0.416 e. The van der Waals surface area contributed by atoms with Crippen LogP contribution >= 0.6 is 34.9 Å². The SMILES string of the molecule is Cc1cc(SCc2cc(-c3ccc(C(F)(F)F)cc3)oc2CCC(C)C)ccc1OCC(=O)O.Cc1cc(SCc2cc(-c3ccc(C(F)(F)F)cc3)sc2C)ccc1OCC(=O)O. The molecular weight excluding hydrogens is 899 g/mol. The number of aryl methyl sites for hydroxylation is 4. The molecule has 0 fully saturated rings. The predicted molar refractivity (Wildman–Crippen MR) is 240 cm³/mol. The molecule has 0 aliphatic rings. The van der Waals surface area contributed by atoms with Crippen molar-refractivity contribution in [3.05, 3.63) is 141 Å². The van der Waals surface area contributed by atoms with Crippen molar-refractivity contribution in [3.63, 3.8) is 0 Å². The van der Waals surface area contributed by atoms with Crippen molar-refractivity contribution >= 4 is 46.8 Å². The molecule has 64 heavy (non-hydrogen) atoms. The van der Waals surface area contributed by atoms with E-state index in [1.165, 1.54) is 24.3 Å². The summed E-state index contributed by atoms with van der Waals surface area (Å²) in [6, 6.07) is 25.3. The van der Waals surface area contributed by atoms with Crippen LogP contribution in [0.4, 0.5) is 26.3 Å². The zero-order valence-electron chi connectivity index (χ0n) is 35.5. The Morgan fingerprint density at radius 2 is 1.12 bits per heavy atom. The van der Waals surface area contributed by atoms with E-state index >= 15 is 0 Å². The van der Waals surface area contributed by atoms with Gasteiger partial charge in [-0.1, -0.05) is 38.1 Å². The monoisotopic (exact) mass is 944 g/mol. The number of rotatable bonds is 17. The molecule has 0 saturated carbocycles. The van der Waals surface area contributed by atoms with Crippen LogP contribution in [0.15, 0.2) is 111 Å². The summed E-state index contributed by atoms with van der Waals surface area (Å²) in [7, 11) is 0. The van der Waals surface area contributed by atoms with Crippen molar-refractivity contribution in [1.29, 1.82) is 0 Å². The molecule has 0 bridgehead atoms. The smallest absolute Gasteiger partial charge is 0.416 e. The fourth-order valence-electron chi connectivity index (χ4n) is 6.16. The lowest BCUT2D eigenvalue weighted by Crippen LogP contribution is -2.09. The minimum atomic E-state index is -4.38. The minimum absolute atomic E-state index is 0.381. The van der Waals surface area contributed by atoms with Crippen LogP contribution in [0.3, 0.4) is 0 Å². The van der Waals surface area contributed by atoms with Crippen LogP contribution < -0.4 is 9.47 Å². The molecule has 2 aromatic heterocycles. The number of aliphatic carboxylic acids is 2. The van der Waals surface area contributed by atoms with Gasteiger partial charge in [0.25, 0.3) is 0 Å². The first-order chi connectivity index (χ1) is 30.2. The van der Waals surface area contributed by atoms with E-state index in [2.05, 4.69) is 13.8 Å². The lowest BCUT2D eigenvalue weighted by Gasteiger charge is -2.09. The molecule has 2 N–H and O–H groups in total. The number of carbonyl (C=O) groups is 2. The Hall–Kier alpha value is -5.32. The lowest BCUT2D eigenvalue weighted by molar-refractivity contribution is -0.140. The van der Waals surface area contributed by atoms with Crippen LogP contribution in [0.5, 0.6) is 11.5 Å². The molecule has 0 spiro atoms. The van der Waals surface area contributed by atoms with Gasteiger partial charge in [-0.05, 0) is 128 Å². The molecule has 0 unspecified atom stereocenters. The highest BCUT2D eigenvalue weighted by atomic mass is 32.2. The summed E-state index contributed by atoms with van der Waals surface area (Å²) in [5, 5.41) is 17.5. The van der Waals surface area contributed by atoms with E-state index in [4.69, 9.17) is 24.1 Å². The van der Waals surface area contributed by atoms with Crippen LogP contribution in [0.1, 0.15) is 64.3 Å². The van der Waals surface area contributed by atoms with Crippen LogP contribution in [-0.4, -0.2) is 35.4 Å². The normalized spacial score (nSPS) is 11.6. The quantitative estimate of drug-likeness (QED) is 0.0683. The van der Waals surface area contributed by atoms with Crippen LogP contribution in [0.2, 0.25) is 0 Å². The summed E-state index contributed by atoms with van der Waals surface area (Å²) in [5.74, 6) is 2.24. The Labute approximate surface area is 379 Å². The van der Waals surface area contributed by atoms with E-state index < -0.39 is 42.0 Å². The second-order valence-electron chi connectivity index (χ2n) is 15.1. The molecule has 2 heterocycles. The summed E-state index contributed by atoms with van der Waals surface area (Å²) in [4.78, 5) is 25.4. The van der Waals surface area contributed by atoms with Gasteiger partial charge in [0.15, 0.2) is 13.2 Å². The fraction of sp³-hybridized carbons (Fsp3) is 0.292. The number of furan rings is 1. The fourth-order valence-corrected chi connectivity index (χ4v) is 9.34. The topological polar surface area (TPSA) is 106 Å². The van der Waals surface area contributed by atoms with Gasteiger partial charge in [-0.2, -0.15) is 26.3 Å². The third kappa shape index (κ3) is 14.6. The highest BCUT2D eigenvalue weighted by Gasteiger charge is 2.31. The van der Waals surface area contributed by atoms with Crippen molar-refractivity contribution in [2.24, 2.45) is 5.92 Å². The number of thiophene rings is 1. The Morgan fingerprint density at radius 3 is 1.56 bits per heavy atom. The number of hydrogen-bond donors (Lipinski definition) is 2. The van der Waals surface area contributed by atoms with Crippen molar-refractivity contribution in [3.8, 4) is 33.3 Å². The second kappa shape index (κ2) is 22.0. The molecule has 0 aliphatic carbocycles. The largest absolute Gasteiger partial charge is 0.482 e. The third-order valence-corrected chi connectivity index (χ3v) is 12.9. The first-order valence-corrected chi connectivity index (χ1v) is 22.7. The minimum Gasteiger partial charge on any atom is -0.482 e. The highest BCUT2D eigenvalue weighted by Crippen LogP contribution is 2.38. The number of thioether (sulfide) groups is 2. The number of halogens is 6. The van der Waals surface area contributed by atoms with Gasteiger partial charge in [0.2, 0.25) is 0 Å². The molecule has 0 saturated heterocycles. The maximum absolute atomic E-state index is 12.9. The molecule has 6 aromatic rings. The molecule has 4 aromatic carbocycles. The second-order valence-corrected chi connectivity index (χ2v) is 18.5. The van der Waals surface area contributed by atoms with E-state index in [0.29, 0.717) is 34.5 Å². The average molecular weight is 945 g/mol. The Kier molecular flexibility index (Phi) is 17.1. The molecular formula is C48H46F6O7S3. The number of benzene rings is 4. The number of ether oxygens (including phenoxy) is 2. The van der Waals surface area contributed by atoms with Gasteiger partial charge < -0.3 is 24.1 Å². The number of hydrogen-bond acceptors (Lipinski definition) is 8. The summed E-state index contributed by atoms with van der Waals surface area (Å²) in [6.07, 6.45) is -7.03. The van der Waals surface area contributed by atoms with Gasteiger partial charge in [0, 0.05) is 48.6 Å². The van der Waals surface area contributed by atoms with E-state index in [9.17, 15) is 35.9 Å². The van der Waals surface area contributed by atoms with Gasteiger partial charge in [-0.3, -0.25) is 0 Å². The number of carboxylic acid groups (broad SMARTS) is 2. The number of carboxylic acids is 2. The van der Waals surface area contributed by atoms with E-state index in [0.717, 1.165) is 96.0 Å². The summed E-state index contributed by atoms with van der Waals surface area (Å²) in [5.41, 5.74) is 3.85. The molecule has 340 valence electrons. The van der Waals surface area contributed by atoms with E-state index in [-0.39, 0.29) is 6.61 Å². The Morgan fingerprint density at radius 1 is 0.656 bits per heavy atom. The predicted octanol–water partition coefficient (Wildman–Crippen LogP) is 14.4. The van der Waals surface area contributed by atoms with Crippen LogP contribution in [-0.2, 0) is 39.9 Å². The lowest BCUT2D eigenvalue weighted by atomic mass is 10.1. The van der Waals surface area contributed by atoms with Gasteiger partial charge in [-0.15, -0.1) is 34.9 Å². The van der Waals surface area contributed by atoms with Crippen LogP contribution in [0, 0.1) is 26.7 Å². The highest BCUT2D eigenvalue weighted by molar-refractivity contribution is 7.98. The van der Waals surface area contributed by atoms with Crippen LogP contribution in [0.25, 0.3) is 21.8 Å². The maximum atomic E-state index is 12.9. The van der Waals surface area contributed by atoms with Gasteiger partial charge in [0.1, 0.15) is 23.0 Å². The zero-order valence-corrected chi connectivity index (χ0v) is 37.9. The van der Waals surface area contributed by atoms with Gasteiger partial charge in [-0.25, -0.2) is 9.59 Å². The summed E-state index contributed by atoms with van der Waals surface area (Å²) < 4.78 is 93.6. The van der Waals surface area contributed by atoms with Crippen molar-refractivity contribution in [2.75, 3.05) is 13.2 Å². The molecule has 0 aliphatic heterocycles. The van der Waals surface area contributed by atoms with Crippen molar-refractivity contribution in [1.82, 2.24) is 0 Å². The zero-order chi connectivity index (χ0) is 46.8. The average Bonchev–Trinajstić information content (AvgIpc) is 3.82.